The lowest BCUT2D eigenvalue weighted by molar-refractivity contribution is 0.668. The largest absolute Gasteiger partial charge is 0.456 e. The third kappa shape index (κ3) is 4.43. The molecule has 0 radical (unpaired) electrons. The highest BCUT2D eigenvalue weighted by atomic mass is 32.1. The van der Waals surface area contributed by atoms with Crippen molar-refractivity contribution in [1.82, 2.24) is 15.0 Å². The number of para-hydroxylation sites is 1. The molecule has 0 saturated carbocycles. The zero-order valence-corrected chi connectivity index (χ0v) is 27.8. The van der Waals surface area contributed by atoms with Gasteiger partial charge in [-0.05, 0) is 65.7 Å². The van der Waals surface area contributed by atoms with Gasteiger partial charge in [-0.3, -0.25) is 0 Å². The molecule has 0 fully saturated rings. The molecule has 0 aliphatic carbocycles. The lowest BCUT2D eigenvalue weighted by Gasteiger charge is -2.10. The molecule has 4 aromatic heterocycles. The van der Waals surface area contributed by atoms with E-state index in [4.69, 9.17) is 23.8 Å². The standard InChI is InChI=1S/C45H25N3O2S/c1-2-10-26(11-3-1)43-46-44(28-20-22-36-33(25-28)30-12-4-6-16-35(30)49-36)48-45(47-43)32-15-9-18-38-42(32)41-29(14-8-17-37(41)50-38)27-21-23-40-34(24-27)31-13-5-7-19-39(31)51-40/h1-25H. The maximum Gasteiger partial charge on any atom is 0.164 e. The molecule has 0 aliphatic heterocycles. The third-order valence-electron chi connectivity index (χ3n) is 9.75. The highest BCUT2D eigenvalue weighted by Gasteiger charge is 2.21. The van der Waals surface area contributed by atoms with E-state index >= 15 is 0 Å². The molecule has 0 bridgehead atoms. The molecular formula is C45H25N3O2S. The Kier molecular flexibility index (Phi) is 6.05. The summed E-state index contributed by atoms with van der Waals surface area (Å²) in [5, 5.41) is 6.63. The van der Waals surface area contributed by atoms with E-state index in [0.717, 1.165) is 71.7 Å². The molecule has 0 saturated heterocycles. The van der Waals surface area contributed by atoms with E-state index in [-0.39, 0.29) is 0 Å². The first-order valence-electron chi connectivity index (χ1n) is 16.8. The summed E-state index contributed by atoms with van der Waals surface area (Å²) >= 11 is 1.83. The Bertz CT molecular complexity index is 3160. The van der Waals surface area contributed by atoms with Gasteiger partial charge in [-0.25, -0.2) is 15.0 Å². The first-order valence-corrected chi connectivity index (χ1v) is 17.7. The summed E-state index contributed by atoms with van der Waals surface area (Å²) in [5.74, 6) is 1.77. The van der Waals surface area contributed by atoms with E-state index in [0.29, 0.717) is 17.5 Å². The van der Waals surface area contributed by atoms with Crippen molar-refractivity contribution in [3.8, 4) is 45.3 Å². The molecule has 0 atom stereocenters. The van der Waals surface area contributed by atoms with Crippen molar-refractivity contribution < 1.29 is 8.83 Å². The van der Waals surface area contributed by atoms with Crippen LogP contribution in [0.5, 0.6) is 0 Å². The zero-order chi connectivity index (χ0) is 33.5. The first-order chi connectivity index (χ1) is 25.2. The van der Waals surface area contributed by atoms with Crippen LogP contribution in [0.3, 0.4) is 0 Å². The van der Waals surface area contributed by atoms with Crippen LogP contribution in [0.1, 0.15) is 0 Å². The molecule has 7 aromatic carbocycles. The van der Waals surface area contributed by atoms with Gasteiger partial charge in [0.25, 0.3) is 0 Å². The Balaban J connectivity index is 1.16. The van der Waals surface area contributed by atoms with Gasteiger partial charge in [-0.1, -0.05) is 97.1 Å². The van der Waals surface area contributed by atoms with Crippen LogP contribution in [0.15, 0.2) is 160 Å². The van der Waals surface area contributed by atoms with Crippen molar-refractivity contribution in [3.63, 3.8) is 0 Å². The summed E-state index contributed by atoms with van der Waals surface area (Å²) in [5.41, 5.74) is 8.21. The summed E-state index contributed by atoms with van der Waals surface area (Å²) in [6.07, 6.45) is 0. The van der Waals surface area contributed by atoms with E-state index in [1.165, 1.54) is 20.2 Å². The van der Waals surface area contributed by atoms with Gasteiger partial charge < -0.3 is 8.83 Å². The zero-order valence-electron chi connectivity index (χ0n) is 27.0. The topological polar surface area (TPSA) is 65.0 Å². The Hall–Kier alpha value is -6.63. The minimum atomic E-state index is 0.582. The average molecular weight is 672 g/mol. The predicted molar refractivity (Wildman–Crippen MR) is 209 cm³/mol. The van der Waals surface area contributed by atoms with E-state index in [9.17, 15) is 0 Å². The summed E-state index contributed by atoms with van der Waals surface area (Å²) in [4.78, 5) is 15.4. The summed E-state index contributed by atoms with van der Waals surface area (Å²) < 4.78 is 15.3. The molecule has 238 valence electrons. The molecule has 5 nitrogen and oxygen atoms in total. The molecule has 4 heterocycles. The van der Waals surface area contributed by atoms with Crippen LogP contribution in [0.2, 0.25) is 0 Å². The molecule has 6 heteroatoms. The lowest BCUT2D eigenvalue weighted by Crippen LogP contribution is -2.00. The highest BCUT2D eigenvalue weighted by molar-refractivity contribution is 7.25. The fourth-order valence-corrected chi connectivity index (χ4v) is 8.48. The van der Waals surface area contributed by atoms with E-state index in [1.807, 2.05) is 90.2 Å². The van der Waals surface area contributed by atoms with Crippen LogP contribution in [0.4, 0.5) is 0 Å². The second kappa shape index (κ2) is 10.9. The van der Waals surface area contributed by atoms with Gasteiger partial charge >= 0.3 is 0 Å². The van der Waals surface area contributed by atoms with E-state index in [1.54, 1.807) is 0 Å². The number of fused-ring (bicyclic) bond motifs is 9. The van der Waals surface area contributed by atoms with Crippen LogP contribution in [-0.4, -0.2) is 15.0 Å². The van der Waals surface area contributed by atoms with Crippen LogP contribution < -0.4 is 0 Å². The van der Waals surface area contributed by atoms with E-state index < -0.39 is 0 Å². The van der Waals surface area contributed by atoms with Crippen molar-refractivity contribution in [1.29, 1.82) is 0 Å². The molecule has 0 aliphatic rings. The Labute approximate surface area is 295 Å². The lowest BCUT2D eigenvalue weighted by atomic mass is 9.96. The monoisotopic (exact) mass is 671 g/mol. The summed E-state index contributed by atoms with van der Waals surface area (Å²) in [7, 11) is 0. The molecule has 0 unspecified atom stereocenters. The van der Waals surface area contributed by atoms with Crippen LogP contribution in [0.25, 0.3) is 109 Å². The molecular weight excluding hydrogens is 647 g/mol. The van der Waals surface area contributed by atoms with Gasteiger partial charge in [0.15, 0.2) is 17.5 Å². The van der Waals surface area contributed by atoms with Gasteiger partial charge in [0.1, 0.15) is 22.3 Å². The van der Waals surface area contributed by atoms with Gasteiger partial charge in [-0.2, -0.15) is 0 Å². The SMILES string of the molecule is c1ccc(-c2nc(-c3ccc4oc5ccccc5c4c3)nc(-c3cccc4oc5cccc(-c6ccc7sc8ccccc8c7c6)c5c34)n2)cc1. The van der Waals surface area contributed by atoms with Crippen molar-refractivity contribution in [3.05, 3.63) is 152 Å². The third-order valence-corrected chi connectivity index (χ3v) is 10.9. The van der Waals surface area contributed by atoms with Gasteiger partial charge in [0, 0.05) is 58.4 Å². The number of furan rings is 2. The summed E-state index contributed by atoms with van der Waals surface area (Å²) in [6.45, 7) is 0. The van der Waals surface area contributed by atoms with Crippen LogP contribution >= 0.6 is 11.3 Å². The van der Waals surface area contributed by atoms with Crippen molar-refractivity contribution in [2.24, 2.45) is 0 Å². The Morgan fingerprint density at radius 2 is 0.941 bits per heavy atom. The average Bonchev–Trinajstić information content (AvgIpc) is 3.88. The molecule has 11 aromatic rings. The molecule has 0 amide bonds. The van der Waals surface area contributed by atoms with Crippen molar-refractivity contribution in [2.75, 3.05) is 0 Å². The number of hydrogen-bond acceptors (Lipinski definition) is 6. The van der Waals surface area contributed by atoms with E-state index in [2.05, 4.69) is 72.8 Å². The van der Waals surface area contributed by atoms with Gasteiger partial charge in [0.05, 0.1) is 0 Å². The second-order valence-corrected chi connectivity index (χ2v) is 13.8. The predicted octanol–water partition coefficient (Wildman–Crippen LogP) is 12.7. The second-order valence-electron chi connectivity index (χ2n) is 12.8. The smallest absolute Gasteiger partial charge is 0.164 e. The number of nitrogens with zero attached hydrogens (tertiary/aromatic N) is 3. The van der Waals surface area contributed by atoms with Crippen LogP contribution in [-0.2, 0) is 0 Å². The maximum absolute atomic E-state index is 6.55. The quantitative estimate of drug-likeness (QED) is 0.186. The van der Waals surface area contributed by atoms with Gasteiger partial charge in [0.2, 0.25) is 0 Å². The fourth-order valence-electron chi connectivity index (χ4n) is 7.39. The number of aromatic nitrogens is 3. The van der Waals surface area contributed by atoms with Gasteiger partial charge in [-0.15, -0.1) is 11.3 Å². The molecule has 51 heavy (non-hydrogen) atoms. The maximum atomic E-state index is 6.55. The minimum Gasteiger partial charge on any atom is -0.456 e. The number of rotatable bonds is 4. The first kappa shape index (κ1) is 28.2. The Morgan fingerprint density at radius 3 is 1.80 bits per heavy atom. The molecule has 0 spiro atoms. The summed E-state index contributed by atoms with van der Waals surface area (Å²) in [6, 6.07) is 52.1. The molecule has 11 rings (SSSR count). The van der Waals surface area contributed by atoms with Crippen molar-refractivity contribution in [2.45, 2.75) is 0 Å². The number of thiophene rings is 1. The fraction of sp³-hybridized carbons (Fsp3) is 0. The minimum absolute atomic E-state index is 0.582. The van der Waals surface area contributed by atoms with Crippen molar-refractivity contribution >= 4 is 75.4 Å². The molecule has 0 N–H and O–H groups in total. The number of hydrogen-bond donors (Lipinski definition) is 0. The van der Waals surface area contributed by atoms with Crippen LogP contribution in [0, 0.1) is 0 Å². The number of benzene rings is 7. The normalized spacial score (nSPS) is 11.9. The Morgan fingerprint density at radius 1 is 0.353 bits per heavy atom. The highest BCUT2D eigenvalue weighted by Crippen LogP contribution is 2.43.